The third kappa shape index (κ3) is 2.87. The zero-order valence-corrected chi connectivity index (χ0v) is 11.7. The number of allylic oxidation sites excluding steroid dienone is 6. The van der Waals surface area contributed by atoms with Crippen LogP contribution in [0.5, 0.6) is 0 Å². The molecular formula is C18H20O. The molecule has 0 amide bonds. The fourth-order valence-electron chi connectivity index (χ4n) is 2.33. The Balaban J connectivity index is 2.34. The highest BCUT2D eigenvalue weighted by Crippen LogP contribution is 2.33. The summed E-state index contributed by atoms with van der Waals surface area (Å²) in [6, 6.07) is 8.30. The monoisotopic (exact) mass is 252 g/mol. The van der Waals surface area contributed by atoms with Gasteiger partial charge in [-0.25, -0.2) is 0 Å². The third-order valence-electron chi connectivity index (χ3n) is 3.47. The molecule has 0 N–H and O–H groups in total. The molecule has 2 rings (SSSR count). The molecule has 1 aliphatic carbocycles. The first kappa shape index (κ1) is 13.4. The van der Waals surface area contributed by atoms with E-state index in [1.54, 1.807) is 7.11 Å². The normalized spacial score (nSPS) is 14.4. The van der Waals surface area contributed by atoms with E-state index in [0.29, 0.717) is 0 Å². The summed E-state index contributed by atoms with van der Waals surface area (Å²) in [7, 11) is 1.72. The summed E-state index contributed by atoms with van der Waals surface area (Å²) in [5.74, 6) is 1.03. The van der Waals surface area contributed by atoms with E-state index in [-0.39, 0.29) is 0 Å². The summed E-state index contributed by atoms with van der Waals surface area (Å²) in [5.41, 5.74) is 5.78. The van der Waals surface area contributed by atoms with Crippen LogP contribution in [-0.2, 0) is 4.74 Å². The van der Waals surface area contributed by atoms with Gasteiger partial charge in [0.05, 0.1) is 12.9 Å². The molecule has 0 radical (unpaired) electrons. The second-order valence-electron chi connectivity index (χ2n) is 4.83. The molecule has 0 unspecified atom stereocenters. The van der Waals surface area contributed by atoms with E-state index in [0.717, 1.165) is 29.7 Å². The molecule has 0 atom stereocenters. The largest absolute Gasteiger partial charge is 0.501 e. The summed E-state index contributed by atoms with van der Waals surface area (Å²) >= 11 is 0. The molecule has 1 heteroatoms. The topological polar surface area (TPSA) is 9.23 Å². The average molecular weight is 252 g/mol. The highest BCUT2D eigenvalue weighted by molar-refractivity contribution is 5.85. The van der Waals surface area contributed by atoms with Gasteiger partial charge in [0.15, 0.2) is 0 Å². The Bertz CT molecular complexity index is 573. The number of hydrogen-bond acceptors (Lipinski definition) is 1. The van der Waals surface area contributed by atoms with Crippen LogP contribution in [0.2, 0.25) is 0 Å². The van der Waals surface area contributed by atoms with Crippen molar-refractivity contribution in [1.82, 2.24) is 0 Å². The quantitative estimate of drug-likeness (QED) is 0.734. The maximum absolute atomic E-state index is 5.26. The van der Waals surface area contributed by atoms with E-state index in [2.05, 4.69) is 31.4 Å². The Morgan fingerprint density at radius 2 is 1.74 bits per heavy atom. The van der Waals surface area contributed by atoms with Crippen molar-refractivity contribution in [1.29, 1.82) is 0 Å². The van der Waals surface area contributed by atoms with Gasteiger partial charge in [-0.15, -0.1) is 0 Å². The van der Waals surface area contributed by atoms with Gasteiger partial charge >= 0.3 is 0 Å². The Morgan fingerprint density at radius 1 is 1.05 bits per heavy atom. The van der Waals surface area contributed by atoms with Gasteiger partial charge in [-0.1, -0.05) is 49.1 Å². The Morgan fingerprint density at radius 3 is 2.26 bits per heavy atom. The van der Waals surface area contributed by atoms with Crippen LogP contribution < -0.4 is 0 Å². The predicted molar refractivity (Wildman–Crippen MR) is 82.6 cm³/mol. The molecule has 0 fully saturated rings. The molecular weight excluding hydrogens is 232 g/mol. The zero-order chi connectivity index (χ0) is 13.8. The minimum absolute atomic E-state index is 0.941. The number of rotatable bonds is 4. The second kappa shape index (κ2) is 5.75. The first-order chi connectivity index (χ1) is 9.13. The van der Waals surface area contributed by atoms with Crippen molar-refractivity contribution in [2.75, 3.05) is 7.11 Å². The van der Waals surface area contributed by atoms with Crippen LogP contribution in [-0.4, -0.2) is 7.11 Å². The summed E-state index contributed by atoms with van der Waals surface area (Å²) in [4.78, 5) is 0. The van der Waals surface area contributed by atoms with Crippen molar-refractivity contribution in [2.24, 2.45) is 0 Å². The Labute approximate surface area is 115 Å². The van der Waals surface area contributed by atoms with Crippen molar-refractivity contribution >= 4 is 11.1 Å². The lowest BCUT2D eigenvalue weighted by molar-refractivity contribution is 0.276. The fourth-order valence-corrected chi connectivity index (χ4v) is 2.33. The highest BCUT2D eigenvalue weighted by atomic mass is 16.5. The number of hydrogen-bond donors (Lipinski definition) is 0. The molecule has 1 aromatic carbocycles. The standard InChI is InChI=1S/C18H20O/c1-13(2)17-7-5-6-8-18(17)14(3)15-9-11-16(19-4)12-10-15/h5-9,11H,1,3,10,12H2,2,4H3. The molecule has 0 spiro atoms. The SMILES string of the molecule is C=C(C)c1ccccc1C(=C)C1=CC=C(OC)CC1. The van der Waals surface area contributed by atoms with Crippen LogP contribution in [0.4, 0.5) is 0 Å². The number of ether oxygens (including phenoxy) is 1. The molecule has 1 nitrogen and oxygen atoms in total. The van der Waals surface area contributed by atoms with Gasteiger partial charge in [-0.2, -0.15) is 0 Å². The number of benzene rings is 1. The molecule has 1 aliphatic rings. The fraction of sp³-hybridized carbons (Fsp3) is 0.222. The smallest absolute Gasteiger partial charge is 0.0958 e. The molecule has 0 aliphatic heterocycles. The van der Waals surface area contributed by atoms with Crippen LogP contribution in [0.3, 0.4) is 0 Å². The molecule has 0 bridgehead atoms. The van der Waals surface area contributed by atoms with E-state index in [4.69, 9.17) is 4.74 Å². The summed E-state index contributed by atoms with van der Waals surface area (Å²) in [6.45, 7) is 10.3. The van der Waals surface area contributed by atoms with E-state index in [1.807, 2.05) is 25.1 Å². The van der Waals surface area contributed by atoms with Crippen molar-refractivity contribution in [3.63, 3.8) is 0 Å². The molecule has 19 heavy (non-hydrogen) atoms. The molecule has 98 valence electrons. The average Bonchev–Trinajstić information content (AvgIpc) is 2.46. The third-order valence-corrected chi connectivity index (χ3v) is 3.47. The van der Waals surface area contributed by atoms with Gasteiger partial charge in [-0.05, 0) is 41.7 Å². The highest BCUT2D eigenvalue weighted by Gasteiger charge is 2.13. The number of methoxy groups -OCH3 is 1. The lowest BCUT2D eigenvalue weighted by Gasteiger charge is -2.18. The predicted octanol–water partition coefficient (Wildman–Crippen LogP) is 4.98. The van der Waals surface area contributed by atoms with Gasteiger partial charge < -0.3 is 4.74 Å². The summed E-state index contributed by atoms with van der Waals surface area (Å²) in [6.07, 6.45) is 6.06. The van der Waals surface area contributed by atoms with Crippen LogP contribution in [0, 0.1) is 0 Å². The second-order valence-corrected chi connectivity index (χ2v) is 4.83. The molecule has 0 saturated heterocycles. The lowest BCUT2D eigenvalue weighted by Crippen LogP contribution is -1.99. The Hall–Kier alpha value is -2.02. The van der Waals surface area contributed by atoms with Crippen LogP contribution in [0.1, 0.15) is 30.9 Å². The van der Waals surface area contributed by atoms with Gasteiger partial charge in [0, 0.05) is 6.42 Å². The minimum Gasteiger partial charge on any atom is -0.501 e. The lowest BCUT2D eigenvalue weighted by atomic mass is 9.88. The van der Waals surface area contributed by atoms with E-state index < -0.39 is 0 Å². The van der Waals surface area contributed by atoms with Crippen molar-refractivity contribution in [2.45, 2.75) is 19.8 Å². The van der Waals surface area contributed by atoms with Gasteiger partial charge in [0.2, 0.25) is 0 Å². The van der Waals surface area contributed by atoms with Crippen molar-refractivity contribution in [3.8, 4) is 0 Å². The van der Waals surface area contributed by atoms with E-state index in [1.165, 1.54) is 16.7 Å². The van der Waals surface area contributed by atoms with E-state index >= 15 is 0 Å². The van der Waals surface area contributed by atoms with Crippen LogP contribution in [0.25, 0.3) is 11.1 Å². The van der Waals surface area contributed by atoms with Gasteiger partial charge in [0.25, 0.3) is 0 Å². The first-order valence-electron chi connectivity index (χ1n) is 6.51. The zero-order valence-electron chi connectivity index (χ0n) is 11.7. The first-order valence-corrected chi connectivity index (χ1v) is 6.51. The molecule has 1 aromatic rings. The van der Waals surface area contributed by atoms with Crippen molar-refractivity contribution in [3.05, 3.63) is 72.0 Å². The summed E-state index contributed by atoms with van der Waals surface area (Å²) < 4.78 is 5.26. The van der Waals surface area contributed by atoms with Gasteiger partial charge in [-0.3, -0.25) is 0 Å². The molecule has 0 saturated carbocycles. The van der Waals surface area contributed by atoms with Crippen molar-refractivity contribution < 1.29 is 4.74 Å². The van der Waals surface area contributed by atoms with E-state index in [9.17, 15) is 0 Å². The molecule has 0 heterocycles. The maximum atomic E-state index is 5.26. The molecule has 0 aromatic heterocycles. The summed E-state index contributed by atoms with van der Waals surface area (Å²) in [5, 5.41) is 0. The maximum Gasteiger partial charge on any atom is 0.0958 e. The minimum atomic E-state index is 0.941. The van der Waals surface area contributed by atoms with Crippen LogP contribution in [0.15, 0.2) is 60.9 Å². The van der Waals surface area contributed by atoms with Crippen LogP contribution >= 0.6 is 0 Å². The van der Waals surface area contributed by atoms with Gasteiger partial charge in [0.1, 0.15) is 0 Å². The Kier molecular flexibility index (Phi) is 4.06.